The third-order valence-electron chi connectivity index (χ3n) is 3.70. The second kappa shape index (κ2) is 8.02. The summed E-state index contributed by atoms with van der Waals surface area (Å²) in [7, 11) is 0. The van der Waals surface area contributed by atoms with E-state index in [9.17, 15) is 4.79 Å². The molecule has 3 nitrogen and oxygen atoms in total. The molecule has 0 bridgehead atoms. The summed E-state index contributed by atoms with van der Waals surface area (Å²) in [5.41, 5.74) is 2.31. The second-order valence-electron chi connectivity index (χ2n) is 5.59. The molecule has 2 aromatic rings. The molecule has 0 aliphatic carbocycles. The lowest BCUT2D eigenvalue weighted by Crippen LogP contribution is -2.38. The van der Waals surface area contributed by atoms with Gasteiger partial charge >= 0.3 is 0 Å². The fourth-order valence-electron chi connectivity index (χ4n) is 2.28. The van der Waals surface area contributed by atoms with E-state index < -0.39 is 6.10 Å². The molecule has 1 amide bonds. The zero-order valence-electron chi connectivity index (χ0n) is 13.7. The van der Waals surface area contributed by atoms with Crippen molar-refractivity contribution in [1.82, 2.24) is 5.32 Å². The maximum absolute atomic E-state index is 12.4. The van der Waals surface area contributed by atoms with E-state index in [0.717, 1.165) is 12.0 Å². The Morgan fingerprint density at radius 2 is 1.74 bits per heavy atom. The molecule has 0 heterocycles. The summed E-state index contributed by atoms with van der Waals surface area (Å²) in [5, 5.41) is 3.68. The van der Waals surface area contributed by atoms with Gasteiger partial charge in [-0.1, -0.05) is 48.4 Å². The van der Waals surface area contributed by atoms with Gasteiger partial charge in [-0.05, 0) is 50.1 Å². The van der Waals surface area contributed by atoms with E-state index in [1.165, 1.54) is 5.56 Å². The van der Waals surface area contributed by atoms with Crippen molar-refractivity contribution in [2.75, 3.05) is 0 Å². The van der Waals surface area contributed by atoms with Crippen LogP contribution in [0, 0.1) is 6.92 Å². The SMILES string of the molecule is CC[C@H](NC(=O)[C@H](C)Oc1ccc(Cl)cc1)c1ccc(C)cc1. The van der Waals surface area contributed by atoms with Gasteiger partial charge in [-0.2, -0.15) is 0 Å². The van der Waals surface area contributed by atoms with Crippen LogP contribution in [0.3, 0.4) is 0 Å². The molecule has 1 N–H and O–H groups in total. The lowest BCUT2D eigenvalue weighted by Gasteiger charge is -2.21. The van der Waals surface area contributed by atoms with Crippen LogP contribution in [0.5, 0.6) is 5.75 Å². The van der Waals surface area contributed by atoms with Crippen LogP contribution >= 0.6 is 11.6 Å². The molecule has 0 spiro atoms. The van der Waals surface area contributed by atoms with Gasteiger partial charge in [-0.15, -0.1) is 0 Å². The van der Waals surface area contributed by atoms with E-state index in [0.29, 0.717) is 10.8 Å². The lowest BCUT2D eigenvalue weighted by atomic mass is 10.0. The van der Waals surface area contributed by atoms with E-state index in [1.807, 2.05) is 6.92 Å². The Labute approximate surface area is 142 Å². The number of carbonyl (C=O) groups excluding carboxylic acids is 1. The predicted octanol–water partition coefficient (Wildman–Crippen LogP) is 4.68. The molecular weight excluding hydrogens is 310 g/mol. The maximum atomic E-state index is 12.4. The third kappa shape index (κ3) is 5.00. The predicted molar refractivity (Wildman–Crippen MR) is 93.9 cm³/mol. The van der Waals surface area contributed by atoms with Crippen LogP contribution in [0.4, 0.5) is 0 Å². The fourth-order valence-corrected chi connectivity index (χ4v) is 2.41. The molecule has 2 rings (SSSR count). The monoisotopic (exact) mass is 331 g/mol. The Bertz CT molecular complexity index is 637. The normalized spacial score (nSPS) is 13.2. The minimum Gasteiger partial charge on any atom is -0.481 e. The largest absolute Gasteiger partial charge is 0.481 e. The average molecular weight is 332 g/mol. The van der Waals surface area contributed by atoms with E-state index in [-0.39, 0.29) is 11.9 Å². The number of hydrogen-bond acceptors (Lipinski definition) is 2. The number of aryl methyl sites for hydroxylation is 1. The number of ether oxygens (including phenoxy) is 1. The second-order valence-corrected chi connectivity index (χ2v) is 6.03. The standard InChI is InChI=1S/C19H22ClNO2/c1-4-18(15-7-5-13(2)6-8-15)21-19(22)14(3)23-17-11-9-16(20)10-12-17/h5-12,14,18H,4H2,1-3H3,(H,21,22)/t14-,18-/m0/s1. The van der Waals surface area contributed by atoms with Gasteiger partial charge < -0.3 is 10.1 Å². The summed E-state index contributed by atoms with van der Waals surface area (Å²) >= 11 is 5.84. The van der Waals surface area contributed by atoms with E-state index in [1.54, 1.807) is 31.2 Å². The molecule has 0 saturated carbocycles. The molecule has 0 aliphatic heterocycles. The van der Waals surface area contributed by atoms with Crippen molar-refractivity contribution in [3.63, 3.8) is 0 Å². The first-order valence-electron chi connectivity index (χ1n) is 7.78. The molecule has 2 atom stereocenters. The third-order valence-corrected chi connectivity index (χ3v) is 3.95. The van der Waals surface area contributed by atoms with Crippen LogP contribution < -0.4 is 10.1 Å². The molecule has 0 aromatic heterocycles. The Kier molecular flexibility index (Phi) is 6.05. The number of carbonyl (C=O) groups is 1. The Morgan fingerprint density at radius 3 is 2.30 bits per heavy atom. The number of nitrogens with one attached hydrogen (secondary N) is 1. The Morgan fingerprint density at radius 1 is 1.13 bits per heavy atom. The average Bonchev–Trinajstić information content (AvgIpc) is 2.55. The van der Waals surface area contributed by atoms with Crippen LogP contribution in [0.15, 0.2) is 48.5 Å². The van der Waals surface area contributed by atoms with Crippen molar-refractivity contribution in [3.8, 4) is 5.75 Å². The zero-order valence-corrected chi connectivity index (χ0v) is 14.4. The van der Waals surface area contributed by atoms with Gasteiger partial charge in [-0.25, -0.2) is 0 Å². The van der Waals surface area contributed by atoms with Crippen molar-refractivity contribution in [1.29, 1.82) is 0 Å². The van der Waals surface area contributed by atoms with Gasteiger partial charge in [0.25, 0.3) is 5.91 Å². The van der Waals surface area contributed by atoms with Crippen LogP contribution in [0.2, 0.25) is 5.02 Å². The van der Waals surface area contributed by atoms with Gasteiger partial charge in [0.1, 0.15) is 5.75 Å². The van der Waals surface area contributed by atoms with Gasteiger partial charge in [-0.3, -0.25) is 4.79 Å². The number of hydrogen-bond donors (Lipinski definition) is 1. The van der Waals surface area contributed by atoms with Crippen molar-refractivity contribution in [3.05, 3.63) is 64.7 Å². The Hall–Kier alpha value is -2.00. The number of rotatable bonds is 6. The smallest absolute Gasteiger partial charge is 0.261 e. The molecule has 0 saturated heterocycles. The topological polar surface area (TPSA) is 38.3 Å². The van der Waals surface area contributed by atoms with Crippen molar-refractivity contribution < 1.29 is 9.53 Å². The van der Waals surface area contributed by atoms with Crippen molar-refractivity contribution in [2.45, 2.75) is 39.3 Å². The summed E-state index contributed by atoms with van der Waals surface area (Å²) in [6.45, 7) is 5.84. The first-order valence-corrected chi connectivity index (χ1v) is 8.16. The number of amides is 1. The zero-order chi connectivity index (χ0) is 16.8. The number of halogens is 1. The summed E-state index contributed by atoms with van der Waals surface area (Å²) < 4.78 is 5.66. The van der Waals surface area contributed by atoms with E-state index >= 15 is 0 Å². The first-order chi connectivity index (χ1) is 11.0. The highest BCUT2D eigenvalue weighted by molar-refractivity contribution is 6.30. The van der Waals surface area contributed by atoms with Gasteiger partial charge in [0.15, 0.2) is 6.10 Å². The molecular formula is C19H22ClNO2. The highest BCUT2D eigenvalue weighted by Crippen LogP contribution is 2.19. The molecule has 0 fully saturated rings. The minimum absolute atomic E-state index is 0.0145. The molecule has 23 heavy (non-hydrogen) atoms. The molecule has 0 unspecified atom stereocenters. The van der Waals surface area contributed by atoms with Crippen molar-refractivity contribution in [2.24, 2.45) is 0 Å². The fraction of sp³-hybridized carbons (Fsp3) is 0.316. The molecule has 4 heteroatoms. The molecule has 0 aliphatic rings. The Balaban J connectivity index is 1.98. The first kappa shape index (κ1) is 17.4. The summed E-state index contributed by atoms with van der Waals surface area (Å²) in [6, 6.07) is 15.2. The van der Waals surface area contributed by atoms with Crippen LogP contribution in [-0.4, -0.2) is 12.0 Å². The van der Waals surface area contributed by atoms with Gasteiger partial charge in [0, 0.05) is 5.02 Å². The summed E-state index contributed by atoms with van der Waals surface area (Å²) in [6.07, 6.45) is 0.248. The van der Waals surface area contributed by atoms with Crippen molar-refractivity contribution >= 4 is 17.5 Å². The van der Waals surface area contributed by atoms with Crippen LogP contribution in [0.25, 0.3) is 0 Å². The number of benzene rings is 2. The highest BCUT2D eigenvalue weighted by Gasteiger charge is 2.19. The molecule has 2 aromatic carbocycles. The molecule has 122 valence electrons. The van der Waals surface area contributed by atoms with Gasteiger partial charge in [0.2, 0.25) is 0 Å². The lowest BCUT2D eigenvalue weighted by molar-refractivity contribution is -0.128. The summed E-state index contributed by atoms with van der Waals surface area (Å²) in [5.74, 6) is 0.493. The van der Waals surface area contributed by atoms with Crippen LogP contribution in [0.1, 0.15) is 37.4 Å². The highest BCUT2D eigenvalue weighted by atomic mass is 35.5. The van der Waals surface area contributed by atoms with Gasteiger partial charge in [0.05, 0.1) is 6.04 Å². The maximum Gasteiger partial charge on any atom is 0.261 e. The molecule has 0 radical (unpaired) electrons. The van der Waals surface area contributed by atoms with E-state index in [4.69, 9.17) is 16.3 Å². The van der Waals surface area contributed by atoms with E-state index in [2.05, 4.69) is 36.5 Å². The van der Waals surface area contributed by atoms with Crippen LogP contribution in [-0.2, 0) is 4.79 Å². The quantitative estimate of drug-likeness (QED) is 0.834. The summed E-state index contributed by atoms with van der Waals surface area (Å²) in [4.78, 5) is 12.4. The minimum atomic E-state index is -0.573.